The highest BCUT2D eigenvalue weighted by Crippen LogP contribution is 2.21. The molecule has 28 heavy (non-hydrogen) atoms. The minimum absolute atomic E-state index is 0.307. The lowest BCUT2D eigenvalue weighted by Crippen LogP contribution is -2.36. The number of ether oxygens (including phenoxy) is 1. The Labute approximate surface area is 165 Å². The van der Waals surface area contributed by atoms with Crippen LogP contribution < -0.4 is 5.32 Å². The van der Waals surface area contributed by atoms with Crippen LogP contribution in [-0.4, -0.2) is 34.2 Å². The standard InChI is InChI=1S/C22H28N4O2/c1-15-9-20(28-25-15)10-19-13-27-14-22(19)23-11-21-16(2)24-26(17(21)3)12-18-7-5-4-6-8-18/h4-9,19,22-23H,10-14H2,1-3H3/t19-,22-/m1/s1. The van der Waals surface area contributed by atoms with Gasteiger partial charge >= 0.3 is 0 Å². The minimum atomic E-state index is 0.307. The van der Waals surface area contributed by atoms with Gasteiger partial charge in [0.1, 0.15) is 5.76 Å². The van der Waals surface area contributed by atoms with Crippen LogP contribution in [0, 0.1) is 26.7 Å². The minimum Gasteiger partial charge on any atom is -0.379 e. The van der Waals surface area contributed by atoms with Gasteiger partial charge in [0.05, 0.1) is 31.1 Å². The summed E-state index contributed by atoms with van der Waals surface area (Å²) in [6.45, 7) is 9.27. The van der Waals surface area contributed by atoms with Crippen LogP contribution in [0.25, 0.3) is 0 Å². The molecule has 6 nitrogen and oxygen atoms in total. The molecule has 1 aliphatic rings. The molecule has 0 bridgehead atoms. The van der Waals surface area contributed by atoms with Gasteiger partial charge in [-0.15, -0.1) is 0 Å². The third-order valence-electron chi connectivity index (χ3n) is 5.59. The zero-order chi connectivity index (χ0) is 19.5. The fourth-order valence-electron chi connectivity index (χ4n) is 3.93. The number of aromatic nitrogens is 3. The molecule has 1 aromatic carbocycles. The van der Waals surface area contributed by atoms with Gasteiger partial charge in [-0.1, -0.05) is 35.5 Å². The van der Waals surface area contributed by atoms with Gasteiger partial charge in [-0.05, 0) is 26.3 Å². The number of hydrogen-bond donors (Lipinski definition) is 1. The van der Waals surface area contributed by atoms with Crippen LogP contribution in [0.2, 0.25) is 0 Å². The molecule has 3 aromatic rings. The van der Waals surface area contributed by atoms with E-state index in [1.54, 1.807) is 0 Å². The maximum Gasteiger partial charge on any atom is 0.137 e. The van der Waals surface area contributed by atoms with Crippen molar-refractivity contribution in [2.24, 2.45) is 5.92 Å². The first-order valence-corrected chi connectivity index (χ1v) is 9.90. The molecule has 3 heterocycles. The molecule has 1 fully saturated rings. The Hall–Kier alpha value is -2.44. The Balaban J connectivity index is 1.40. The topological polar surface area (TPSA) is 65.1 Å². The molecule has 1 aliphatic heterocycles. The molecule has 1 N–H and O–H groups in total. The average Bonchev–Trinajstić information content (AvgIpc) is 3.37. The number of nitrogens with one attached hydrogen (secondary N) is 1. The van der Waals surface area contributed by atoms with E-state index < -0.39 is 0 Å². The molecular weight excluding hydrogens is 352 g/mol. The Morgan fingerprint density at radius 2 is 1.96 bits per heavy atom. The van der Waals surface area contributed by atoms with Gasteiger partial charge in [0.15, 0.2) is 0 Å². The summed E-state index contributed by atoms with van der Waals surface area (Å²) in [5, 5.41) is 12.4. The SMILES string of the molecule is Cc1cc(C[C@@H]2COC[C@H]2NCc2c(C)nn(Cc3ccccc3)c2C)on1. The van der Waals surface area contributed by atoms with Crippen molar-refractivity contribution in [3.05, 3.63) is 70.4 Å². The number of aryl methyl sites for hydroxylation is 2. The predicted molar refractivity (Wildman–Crippen MR) is 107 cm³/mol. The number of rotatable bonds is 7. The summed E-state index contributed by atoms with van der Waals surface area (Å²) < 4.78 is 13.2. The van der Waals surface area contributed by atoms with Crippen molar-refractivity contribution in [2.75, 3.05) is 13.2 Å². The second-order valence-corrected chi connectivity index (χ2v) is 7.72. The van der Waals surface area contributed by atoms with E-state index in [9.17, 15) is 0 Å². The summed E-state index contributed by atoms with van der Waals surface area (Å²) in [6.07, 6.45) is 0.851. The Morgan fingerprint density at radius 3 is 2.71 bits per heavy atom. The summed E-state index contributed by atoms with van der Waals surface area (Å²) in [6, 6.07) is 12.8. The van der Waals surface area contributed by atoms with Crippen LogP contribution in [0.3, 0.4) is 0 Å². The van der Waals surface area contributed by atoms with E-state index in [-0.39, 0.29) is 0 Å². The van der Waals surface area contributed by atoms with Crippen LogP contribution >= 0.6 is 0 Å². The summed E-state index contributed by atoms with van der Waals surface area (Å²) in [4.78, 5) is 0. The monoisotopic (exact) mass is 380 g/mol. The van der Waals surface area contributed by atoms with Crippen molar-refractivity contribution in [3.8, 4) is 0 Å². The van der Waals surface area contributed by atoms with Crippen LogP contribution in [0.5, 0.6) is 0 Å². The summed E-state index contributed by atoms with van der Waals surface area (Å²) in [5.74, 6) is 1.33. The largest absolute Gasteiger partial charge is 0.379 e. The van der Waals surface area contributed by atoms with E-state index in [0.29, 0.717) is 12.0 Å². The maximum atomic E-state index is 5.74. The average molecular weight is 380 g/mol. The lowest BCUT2D eigenvalue weighted by Gasteiger charge is -2.18. The van der Waals surface area contributed by atoms with E-state index in [0.717, 1.165) is 49.9 Å². The van der Waals surface area contributed by atoms with Gasteiger partial charge in [0, 0.05) is 42.2 Å². The molecule has 0 spiro atoms. The highest BCUT2D eigenvalue weighted by molar-refractivity contribution is 5.26. The highest BCUT2D eigenvalue weighted by atomic mass is 16.5. The van der Waals surface area contributed by atoms with E-state index in [4.69, 9.17) is 14.4 Å². The molecule has 148 valence electrons. The van der Waals surface area contributed by atoms with Gasteiger partial charge < -0.3 is 14.6 Å². The van der Waals surface area contributed by atoms with Gasteiger partial charge in [-0.25, -0.2) is 0 Å². The normalized spacial score (nSPS) is 19.4. The first kappa shape index (κ1) is 18.9. The zero-order valence-corrected chi connectivity index (χ0v) is 16.8. The number of nitrogens with zero attached hydrogens (tertiary/aromatic N) is 3. The third kappa shape index (κ3) is 4.18. The van der Waals surface area contributed by atoms with Crippen LogP contribution in [0.15, 0.2) is 40.9 Å². The lowest BCUT2D eigenvalue weighted by molar-refractivity contribution is 0.181. The molecule has 0 saturated carbocycles. The van der Waals surface area contributed by atoms with E-state index in [1.807, 2.05) is 19.1 Å². The van der Waals surface area contributed by atoms with E-state index in [2.05, 4.69) is 53.3 Å². The van der Waals surface area contributed by atoms with E-state index >= 15 is 0 Å². The van der Waals surface area contributed by atoms with Crippen molar-refractivity contribution in [3.63, 3.8) is 0 Å². The van der Waals surface area contributed by atoms with Gasteiger partial charge in [0.25, 0.3) is 0 Å². The molecule has 0 unspecified atom stereocenters. The smallest absolute Gasteiger partial charge is 0.137 e. The summed E-state index contributed by atoms with van der Waals surface area (Å²) >= 11 is 0. The third-order valence-corrected chi connectivity index (χ3v) is 5.59. The molecule has 2 atom stereocenters. The Kier molecular flexibility index (Phi) is 5.59. The molecule has 4 rings (SSSR count). The van der Waals surface area contributed by atoms with Gasteiger partial charge in [0.2, 0.25) is 0 Å². The summed E-state index contributed by atoms with van der Waals surface area (Å²) in [5.41, 5.74) is 5.77. The lowest BCUT2D eigenvalue weighted by atomic mass is 9.98. The van der Waals surface area contributed by atoms with Crippen LogP contribution in [0.1, 0.15) is 34.0 Å². The van der Waals surface area contributed by atoms with Crippen molar-refractivity contribution >= 4 is 0 Å². The maximum absolute atomic E-state index is 5.74. The zero-order valence-electron chi connectivity index (χ0n) is 16.8. The number of hydrogen-bond acceptors (Lipinski definition) is 5. The fraction of sp³-hybridized carbons (Fsp3) is 0.455. The second-order valence-electron chi connectivity index (χ2n) is 7.72. The fourth-order valence-corrected chi connectivity index (χ4v) is 3.93. The molecule has 0 aliphatic carbocycles. The molecule has 1 saturated heterocycles. The van der Waals surface area contributed by atoms with Gasteiger partial charge in [-0.3, -0.25) is 4.68 Å². The van der Waals surface area contributed by atoms with Crippen LogP contribution in [0.4, 0.5) is 0 Å². The summed E-state index contributed by atoms with van der Waals surface area (Å²) in [7, 11) is 0. The quantitative estimate of drug-likeness (QED) is 0.682. The van der Waals surface area contributed by atoms with E-state index in [1.165, 1.54) is 16.8 Å². The Bertz CT molecular complexity index is 916. The highest BCUT2D eigenvalue weighted by Gasteiger charge is 2.29. The predicted octanol–water partition coefficient (Wildman–Crippen LogP) is 3.19. The first-order valence-electron chi connectivity index (χ1n) is 9.90. The van der Waals surface area contributed by atoms with Crippen molar-refractivity contribution in [1.82, 2.24) is 20.3 Å². The molecule has 6 heteroatoms. The molecule has 2 aromatic heterocycles. The first-order chi connectivity index (χ1) is 13.6. The van der Waals surface area contributed by atoms with Crippen molar-refractivity contribution in [2.45, 2.75) is 46.3 Å². The molecular formula is C22H28N4O2. The van der Waals surface area contributed by atoms with Gasteiger partial charge in [-0.2, -0.15) is 5.10 Å². The van der Waals surface area contributed by atoms with Crippen molar-refractivity contribution < 1.29 is 9.26 Å². The second kappa shape index (κ2) is 8.29. The molecule has 0 amide bonds. The Morgan fingerprint density at radius 1 is 1.14 bits per heavy atom. The number of benzene rings is 1. The molecule has 0 radical (unpaired) electrons. The van der Waals surface area contributed by atoms with Crippen molar-refractivity contribution in [1.29, 1.82) is 0 Å². The van der Waals surface area contributed by atoms with Crippen LogP contribution in [-0.2, 0) is 24.2 Å².